The summed E-state index contributed by atoms with van der Waals surface area (Å²) in [7, 11) is 0. The van der Waals surface area contributed by atoms with Gasteiger partial charge >= 0.3 is 0 Å². The number of unbranched alkanes of at least 4 members (excludes halogenated alkanes) is 12. The van der Waals surface area contributed by atoms with E-state index in [4.69, 9.17) is 4.98 Å². The average Bonchev–Trinajstić information content (AvgIpc) is 3.48. The van der Waals surface area contributed by atoms with Crippen LogP contribution in [-0.2, 0) is 24.2 Å². The van der Waals surface area contributed by atoms with Crippen molar-refractivity contribution in [3.8, 4) is 11.3 Å². The van der Waals surface area contributed by atoms with Crippen LogP contribution in [0, 0.1) is 6.92 Å². The minimum absolute atomic E-state index is 0.318. The highest BCUT2D eigenvalue weighted by Gasteiger charge is 2.20. The summed E-state index contributed by atoms with van der Waals surface area (Å²) in [4.78, 5) is 15.4. The number of hydrogen-bond donors (Lipinski definition) is 0. The number of Topliss-reactive ketones (excluding diaryl/α,β-unsaturated/α-hetero) is 1. The Kier molecular flexibility index (Phi) is 29.0. The molecule has 0 aliphatic rings. The standard InChI is InChI=1S/C26H32N2.C12H26.C7H14O.C2H6/c1-6-8-13-24-27-25(19(3)4)26(23-12-10-9-11-20(23)5)28(24)18-22-16-14-21(7-2)15-17-22;1-3-5-7-9-11-12-10-8-6-4-2;1-3-4-5-6-7(2)8;1-2/h9-12,14-17H,3,6-8,13,18H2,1-2,4-5H3;3-12H2,1-2H3;3-6H2,1-2H3;1-2H3. The first kappa shape index (κ1) is 47.1. The number of hydrogen-bond acceptors (Lipinski definition) is 2. The molecule has 2 aromatic carbocycles. The fourth-order valence-electron chi connectivity index (χ4n) is 5.85. The summed E-state index contributed by atoms with van der Waals surface area (Å²) in [5.41, 5.74) is 8.48. The predicted octanol–water partition coefficient (Wildman–Crippen LogP) is 15.0. The van der Waals surface area contributed by atoms with E-state index in [0.717, 1.165) is 55.7 Å². The molecule has 3 nitrogen and oxygen atoms in total. The molecule has 0 saturated heterocycles. The van der Waals surface area contributed by atoms with E-state index in [0.29, 0.717) is 5.78 Å². The highest BCUT2D eigenvalue weighted by atomic mass is 16.1. The minimum Gasteiger partial charge on any atom is -0.323 e. The molecule has 0 bridgehead atoms. The molecule has 282 valence electrons. The summed E-state index contributed by atoms with van der Waals surface area (Å²) in [6, 6.07) is 17.6. The van der Waals surface area contributed by atoms with E-state index in [1.807, 2.05) is 13.8 Å². The Morgan fingerprint density at radius 2 is 1.14 bits per heavy atom. The molecule has 0 fully saturated rings. The molecule has 3 rings (SSSR count). The molecule has 1 heterocycles. The van der Waals surface area contributed by atoms with Crippen LogP contribution in [0.3, 0.4) is 0 Å². The predicted molar refractivity (Wildman–Crippen MR) is 224 cm³/mol. The Bertz CT molecular complexity index is 1260. The topological polar surface area (TPSA) is 34.9 Å². The zero-order valence-corrected chi connectivity index (χ0v) is 34.6. The Hall–Kier alpha value is -2.94. The molecule has 0 N–H and O–H groups in total. The summed E-state index contributed by atoms with van der Waals surface area (Å²) in [6.07, 6.45) is 23.1. The van der Waals surface area contributed by atoms with Gasteiger partial charge in [0.25, 0.3) is 0 Å². The Labute approximate surface area is 310 Å². The van der Waals surface area contributed by atoms with E-state index in [-0.39, 0.29) is 0 Å². The maximum atomic E-state index is 10.3. The maximum Gasteiger partial charge on any atom is 0.129 e. The van der Waals surface area contributed by atoms with E-state index < -0.39 is 0 Å². The number of rotatable bonds is 21. The lowest BCUT2D eigenvalue weighted by Gasteiger charge is -2.15. The zero-order valence-electron chi connectivity index (χ0n) is 34.6. The monoisotopic (exact) mass is 687 g/mol. The van der Waals surface area contributed by atoms with Crippen LogP contribution in [0.5, 0.6) is 0 Å². The molecule has 1 aromatic heterocycles. The van der Waals surface area contributed by atoms with Crippen LogP contribution in [0.25, 0.3) is 16.8 Å². The van der Waals surface area contributed by atoms with Crippen LogP contribution in [0.4, 0.5) is 0 Å². The third kappa shape index (κ3) is 20.0. The second-order valence-corrected chi connectivity index (χ2v) is 13.7. The first-order valence-electron chi connectivity index (χ1n) is 20.6. The number of allylic oxidation sites excluding steroid dienone is 1. The maximum absolute atomic E-state index is 10.3. The van der Waals surface area contributed by atoms with Crippen LogP contribution < -0.4 is 0 Å². The Morgan fingerprint density at radius 3 is 1.60 bits per heavy atom. The van der Waals surface area contributed by atoms with Crippen molar-refractivity contribution in [1.82, 2.24) is 9.55 Å². The summed E-state index contributed by atoms with van der Waals surface area (Å²) < 4.78 is 2.42. The molecule has 0 unspecified atom stereocenters. The SMILES string of the molecule is C=C(C)c1nc(CCCC)n(Cc2ccc(CC)cc2)c1-c1ccccc1C.CC.CCCCCC(C)=O.CCCCCCCCCCCC. The van der Waals surface area contributed by atoms with Crippen LogP contribution in [-0.4, -0.2) is 15.3 Å². The third-order valence-corrected chi connectivity index (χ3v) is 8.97. The second-order valence-electron chi connectivity index (χ2n) is 13.7. The normalized spacial score (nSPS) is 10.3. The van der Waals surface area contributed by atoms with Gasteiger partial charge in [-0.15, -0.1) is 0 Å². The molecule has 0 radical (unpaired) electrons. The van der Waals surface area contributed by atoms with Crippen LogP contribution >= 0.6 is 0 Å². The fourth-order valence-corrected chi connectivity index (χ4v) is 5.85. The lowest BCUT2D eigenvalue weighted by atomic mass is 10.0. The number of aromatic nitrogens is 2. The van der Waals surface area contributed by atoms with Crippen molar-refractivity contribution in [3.05, 3.63) is 83.3 Å². The first-order valence-corrected chi connectivity index (χ1v) is 20.6. The highest BCUT2D eigenvalue weighted by Crippen LogP contribution is 2.33. The molecule has 0 aliphatic carbocycles. The Balaban J connectivity index is 0.000000902. The number of benzene rings is 2. The molecule has 0 amide bonds. The smallest absolute Gasteiger partial charge is 0.129 e. The fraction of sp³-hybridized carbons (Fsp3) is 0.617. The Morgan fingerprint density at radius 1 is 0.660 bits per heavy atom. The number of nitrogens with zero attached hydrogens (tertiary/aromatic N) is 2. The number of aryl methyl sites for hydroxylation is 3. The van der Waals surface area contributed by atoms with Crippen LogP contribution in [0.2, 0.25) is 0 Å². The van der Waals surface area contributed by atoms with Crippen molar-refractivity contribution in [2.75, 3.05) is 0 Å². The molecule has 3 aromatic rings. The van der Waals surface area contributed by atoms with Gasteiger partial charge < -0.3 is 9.36 Å². The molecule has 0 spiro atoms. The quantitative estimate of drug-likeness (QED) is 0.105. The average molecular weight is 687 g/mol. The van der Waals surface area contributed by atoms with Crippen molar-refractivity contribution in [2.45, 2.75) is 191 Å². The molecule has 3 heteroatoms. The van der Waals surface area contributed by atoms with E-state index in [1.54, 1.807) is 6.92 Å². The van der Waals surface area contributed by atoms with Gasteiger partial charge in [0.2, 0.25) is 0 Å². The van der Waals surface area contributed by atoms with E-state index in [2.05, 4.69) is 108 Å². The summed E-state index contributed by atoms with van der Waals surface area (Å²) >= 11 is 0. The lowest BCUT2D eigenvalue weighted by molar-refractivity contribution is -0.117. The van der Waals surface area contributed by atoms with Gasteiger partial charge in [-0.25, -0.2) is 4.98 Å². The van der Waals surface area contributed by atoms with Crippen molar-refractivity contribution in [3.63, 3.8) is 0 Å². The van der Waals surface area contributed by atoms with Gasteiger partial charge in [0.1, 0.15) is 11.6 Å². The van der Waals surface area contributed by atoms with Crippen molar-refractivity contribution >= 4 is 11.4 Å². The van der Waals surface area contributed by atoms with Crippen molar-refractivity contribution < 1.29 is 4.79 Å². The van der Waals surface area contributed by atoms with E-state index in [1.165, 1.54) is 111 Å². The van der Waals surface area contributed by atoms with Gasteiger partial charge in [-0.2, -0.15) is 0 Å². The zero-order chi connectivity index (χ0) is 37.6. The molecular formula is C47H78N2O. The second kappa shape index (κ2) is 30.8. The van der Waals surface area contributed by atoms with Crippen molar-refractivity contribution in [1.29, 1.82) is 0 Å². The first-order chi connectivity index (χ1) is 24.2. The lowest BCUT2D eigenvalue weighted by Crippen LogP contribution is -2.08. The van der Waals surface area contributed by atoms with Gasteiger partial charge in [0, 0.05) is 24.9 Å². The van der Waals surface area contributed by atoms with E-state index in [9.17, 15) is 4.79 Å². The largest absolute Gasteiger partial charge is 0.323 e. The number of imidazole rings is 1. The van der Waals surface area contributed by atoms with Gasteiger partial charge in [-0.1, -0.05) is 187 Å². The number of carbonyl (C=O) groups excluding carboxylic acids is 1. The number of ketones is 1. The molecule has 0 saturated carbocycles. The summed E-state index contributed by atoms with van der Waals surface area (Å²) in [5, 5.41) is 0. The van der Waals surface area contributed by atoms with Gasteiger partial charge in [-0.3, -0.25) is 0 Å². The highest BCUT2D eigenvalue weighted by molar-refractivity contribution is 5.77. The van der Waals surface area contributed by atoms with Gasteiger partial charge in [0.05, 0.1) is 11.4 Å². The summed E-state index contributed by atoms with van der Waals surface area (Å²) in [5.74, 6) is 1.48. The van der Waals surface area contributed by atoms with E-state index >= 15 is 0 Å². The van der Waals surface area contributed by atoms with Gasteiger partial charge in [-0.05, 0) is 62.3 Å². The molecule has 0 atom stereocenters. The summed E-state index contributed by atoms with van der Waals surface area (Å²) in [6.45, 7) is 26.1. The third-order valence-electron chi connectivity index (χ3n) is 8.97. The molecule has 0 aliphatic heterocycles. The van der Waals surface area contributed by atoms with Crippen LogP contribution in [0.1, 0.15) is 193 Å². The minimum atomic E-state index is 0.318. The molecular weight excluding hydrogens is 609 g/mol. The van der Waals surface area contributed by atoms with Crippen molar-refractivity contribution in [2.24, 2.45) is 0 Å². The number of carbonyl (C=O) groups is 1. The van der Waals surface area contributed by atoms with Gasteiger partial charge in [0.15, 0.2) is 0 Å². The molecule has 50 heavy (non-hydrogen) atoms. The van der Waals surface area contributed by atoms with Crippen LogP contribution in [0.15, 0.2) is 55.1 Å².